The highest BCUT2D eigenvalue weighted by Gasteiger charge is 2.46. The first-order valence-electron chi connectivity index (χ1n) is 18.3. The number of aliphatic hydroxyl groups is 1. The van der Waals surface area contributed by atoms with Crippen LogP contribution in [0.15, 0.2) is 126 Å². The van der Waals surface area contributed by atoms with Gasteiger partial charge in [0.2, 0.25) is 0 Å². The molecule has 0 spiro atoms. The Morgan fingerprint density at radius 3 is 1.48 bits per heavy atom. The first-order valence-corrected chi connectivity index (χ1v) is 18.3. The van der Waals surface area contributed by atoms with Gasteiger partial charge in [0.1, 0.15) is 36.1 Å². The number of hydrogen-bond acceptors (Lipinski definition) is 5. The molecule has 0 fully saturated rings. The van der Waals surface area contributed by atoms with Crippen LogP contribution in [0.1, 0.15) is 101 Å². The Morgan fingerprint density at radius 2 is 1.06 bits per heavy atom. The first-order chi connectivity index (χ1) is 24.7. The van der Waals surface area contributed by atoms with E-state index in [1.165, 1.54) is 0 Å². The molecule has 272 valence electrons. The molecule has 0 saturated carbocycles. The van der Waals surface area contributed by atoms with Gasteiger partial charge < -0.3 is 19.7 Å². The molecule has 5 aromatic carbocycles. The lowest BCUT2D eigenvalue weighted by atomic mass is 9.73. The number of ether oxygens (including phenoxy) is 2. The molecule has 0 aliphatic heterocycles. The molecule has 0 aromatic heterocycles. The van der Waals surface area contributed by atoms with Crippen LogP contribution in [0.5, 0.6) is 17.2 Å². The van der Waals surface area contributed by atoms with Gasteiger partial charge in [-0.2, -0.15) is 0 Å². The fraction of sp³-hybridized carbons (Fsp3) is 0.340. The van der Waals surface area contributed by atoms with Crippen LogP contribution < -0.4 is 9.47 Å². The summed E-state index contributed by atoms with van der Waals surface area (Å²) in [5.41, 5.74) is 3.79. The van der Waals surface area contributed by atoms with Crippen LogP contribution in [-0.4, -0.2) is 22.5 Å². The smallest absolute Gasteiger partial charge is 0.144 e. The molecule has 5 heteroatoms. The number of aromatic hydroxyl groups is 1. The minimum Gasteiger partial charge on any atom is -0.507 e. The van der Waals surface area contributed by atoms with E-state index in [1.54, 1.807) is 18.3 Å². The van der Waals surface area contributed by atoms with Gasteiger partial charge in [0.25, 0.3) is 0 Å². The lowest BCUT2D eigenvalue weighted by Crippen LogP contribution is -2.42. The van der Waals surface area contributed by atoms with Crippen LogP contribution in [0, 0.1) is 5.92 Å². The van der Waals surface area contributed by atoms with Crippen molar-refractivity contribution in [1.29, 1.82) is 0 Å². The highest BCUT2D eigenvalue weighted by Crippen LogP contribution is 2.48. The Morgan fingerprint density at radius 1 is 0.615 bits per heavy atom. The number of phenolic OH excluding ortho intramolecular Hbond substituents is 1. The van der Waals surface area contributed by atoms with E-state index in [0.717, 1.165) is 22.3 Å². The van der Waals surface area contributed by atoms with Crippen LogP contribution in [-0.2, 0) is 29.6 Å². The Labute approximate surface area is 311 Å². The molecular weight excluding hydrogens is 643 g/mol. The maximum atomic E-state index is 14.0. The largest absolute Gasteiger partial charge is 0.507 e. The minimum absolute atomic E-state index is 0.126. The number of benzene rings is 5. The zero-order valence-electron chi connectivity index (χ0n) is 32.1. The number of phenols is 1. The third-order valence-electron chi connectivity index (χ3n) is 9.49. The monoisotopic (exact) mass is 697 g/mol. The molecule has 5 rings (SSSR count). The molecule has 2 N–H and O–H groups in total. The van der Waals surface area contributed by atoms with Gasteiger partial charge in [0, 0.05) is 22.9 Å². The zero-order chi connectivity index (χ0) is 37.5. The summed E-state index contributed by atoms with van der Waals surface area (Å²) in [6.07, 6.45) is 2.22. The van der Waals surface area contributed by atoms with Gasteiger partial charge in [-0.15, -0.1) is 0 Å². The molecule has 5 aromatic rings. The van der Waals surface area contributed by atoms with E-state index in [4.69, 9.17) is 14.5 Å². The van der Waals surface area contributed by atoms with Gasteiger partial charge in [0.15, 0.2) is 0 Å². The number of hydrogen-bond donors (Lipinski definition) is 2. The van der Waals surface area contributed by atoms with Crippen LogP contribution in [0.2, 0.25) is 0 Å². The van der Waals surface area contributed by atoms with Crippen molar-refractivity contribution >= 4 is 6.21 Å². The normalized spacial score (nSPS) is 13.0. The predicted octanol–water partition coefficient (Wildman–Crippen LogP) is 10.9. The molecule has 0 amide bonds. The maximum absolute atomic E-state index is 14.0. The molecular formula is C47H55NO4. The third kappa shape index (κ3) is 9.32. The molecule has 0 aliphatic carbocycles. The predicted molar refractivity (Wildman–Crippen MR) is 214 cm³/mol. The van der Waals surface area contributed by atoms with Crippen molar-refractivity contribution in [2.24, 2.45) is 10.9 Å². The molecule has 0 aliphatic rings. The van der Waals surface area contributed by atoms with Crippen molar-refractivity contribution in [1.82, 2.24) is 0 Å². The van der Waals surface area contributed by atoms with E-state index in [9.17, 15) is 10.2 Å². The second-order valence-corrected chi connectivity index (χ2v) is 16.2. The van der Waals surface area contributed by atoms with Crippen LogP contribution in [0.4, 0.5) is 0 Å². The number of para-hydroxylation sites is 1. The number of rotatable bonds is 13. The summed E-state index contributed by atoms with van der Waals surface area (Å²) in [6.45, 7) is 18.0. The fourth-order valence-electron chi connectivity index (χ4n) is 6.37. The van der Waals surface area contributed by atoms with E-state index in [1.807, 2.05) is 84.9 Å². The summed E-state index contributed by atoms with van der Waals surface area (Å²) in [7, 11) is 0. The molecule has 0 bridgehead atoms. The zero-order valence-corrected chi connectivity index (χ0v) is 32.1. The van der Waals surface area contributed by atoms with Gasteiger partial charge in [-0.25, -0.2) is 0 Å². The average molecular weight is 698 g/mol. The summed E-state index contributed by atoms with van der Waals surface area (Å²) in [5.74, 6) is 1.43. The molecule has 1 unspecified atom stereocenters. The Hall–Kier alpha value is -4.87. The van der Waals surface area contributed by atoms with E-state index in [-0.39, 0.29) is 22.5 Å². The Kier molecular flexibility index (Phi) is 12.0. The van der Waals surface area contributed by atoms with Gasteiger partial charge in [-0.1, -0.05) is 140 Å². The van der Waals surface area contributed by atoms with Crippen LogP contribution in [0.25, 0.3) is 0 Å². The highest BCUT2D eigenvalue weighted by atomic mass is 16.5. The van der Waals surface area contributed by atoms with Crippen molar-refractivity contribution in [3.8, 4) is 17.2 Å². The van der Waals surface area contributed by atoms with E-state index >= 15 is 0 Å². The fourth-order valence-corrected chi connectivity index (χ4v) is 6.37. The molecule has 0 heterocycles. The summed E-state index contributed by atoms with van der Waals surface area (Å²) in [4.78, 5) is 5.18. The molecule has 1 atom stereocenters. The number of nitrogens with zero attached hydrogens (tertiary/aromatic N) is 1. The molecule has 52 heavy (non-hydrogen) atoms. The lowest BCUT2D eigenvalue weighted by Gasteiger charge is -2.39. The van der Waals surface area contributed by atoms with Crippen molar-refractivity contribution in [2.75, 3.05) is 0 Å². The SMILES string of the molecule is CC(C)CC(N=Cc1ccccc1O)C(O)(c1cc(C(C)(C)C)ccc1OCc1ccccc1)c1cc(C(C)(C)C)ccc1OCc1ccccc1. The third-order valence-corrected chi connectivity index (χ3v) is 9.49. The van der Waals surface area contributed by atoms with Crippen LogP contribution >= 0.6 is 0 Å². The Bertz CT molecular complexity index is 1830. The van der Waals surface area contributed by atoms with Gasteiger partial charge in [-0.3, -0.25) is 4.99 Å². The van der Waals surface area contributed by atoms with E-state index in [0.29, 0.717) is 47.8 Å². The van der Waals surface area contributed by atoms with Crippen molar-refractivity contribution in [3.63, 3.8) is 0 Å². The second kappa shape index (κ2) is 16.2. The summed E-state index contributed by atoms with van der Waals surface area (Å²) in [5, 5.41) is 24.8. The van der Waals surface area contributed by atoms with E-state index < -0.39 is 11.6 Å². The topological polar surface area (TPSA) is 71.3 Å². The quantitative estimate of drug-likeness (QED) is 0.120. The minimum atomic E-state index is -1.73. The summed E-state index contributed by atoms with van der Waals surface area (Å²) < 4.78 is 13.3. The average Bonchev–Trinajstić information content (AvgIpc) is 3.11. The second-order valence-electron chi connectivity index (χ2n) is 16.2. The van der Waals surface area contributed by atoms with Gasteiger partial charge in [-0.05, 0) is 81.8 Å². The Balaban J connectivity index is 1.82. The molecule has 0 radical (unpaired) electrons. The van der Waals surface area contributed by atoms with Gasteiger partial charge in [0.05, 0.1) is 6.04 Å². The van der Waals surface area contributed by atoms with Crippen molar-refractivity contribution < 1.29 is 19.7 Å². The van der Waals surface area contributed by atoms with Gasteiger partial charge >= 0.3 is 0 Å². The molecule has 5 nitrogen and oxygen atoms in total. The molecule has 0 saturated heterocycles. The van der Waals surface area contributed by atoms with Crippen LogP contribution in [0.3, 0.4) is 0 Å². The standard InChI is InChI=1S/C47H55NO4/c1-33(2)27-44(48-30-36-21-15-16-22-41(36)49)47(50,39-28-37(45(3,4)5)23-25-42(39)51-31-34-17-11-9-12-18-34)40-29-38(46(6,7)8)24-26-43(40)52-32-35-19-13-10-14-20-35/h9-26,28-30,33,44,49-50H,27,31-32H2,1-8H3. The first kappa shape index (κ1) is 38.4. The summed E-state index contributed by atoms with van der Waals surface area (Å²) in [6, 6.07) is 38.9. The van der Waals surface area contributed by atoms with Crippen molar-refractivity contribution in [2.45, 2.75) is 97.5 Å². The lowest BCUT2D eigenvalue weighted by molar-refractivity contribution is 0.0386. The van der Waals surface area contributed by atoms with E-state index in [2.05, 4.69) is 79.7 Å². The summed E-state index contributed by atoms with van der Waals surface area (Å²) >= 11 is 0. The number of aliphatic imine (C=N–C) groups is 1. The van der Waals surface area contributed by atoms with Crippen molar-refractivity contribution in [3.05, 3.63) is 160 Å². The maximum Gasteiger partial charge on any atom is 0.144 e. The highest BCUT2D eigenvalue weighted by molar-refractivity contribution is 5.83.